The van der Waals surface area contributed by atoms with E-state index >= 15 is 0 Å². The molecule has 0 atom stereocenters. The molecule has 96 valence electrons. The molecule has 18 heavy (non-hydrogen) atoms. The fraction of sp³-hybridized carbons (Fsp3) is 0.500. The first-order valence-corrected chi connectivity index (χ1v) is 6.61. The van der Waals surface area contributed by atoms with Gasteiger partial charge in [-0.25, -0.2) is 0 Å². The summed E-state index contributed by atoms with van der Waals surface area (Å²) in [6.45, 7) is 2.96. The highest BCUT2D eigenvalue weighted by Gasteiger charge is 2.13. The van der Waals surface area contributed by atoms with Crippen LogP contribution in [-0.4, -0.2) is 24.7 Å². The number of fused-ring (bicyclic) bond motifs is 1. The first-order valence-electron chi connectivity index (χ1n) is 6.61. The van der Waals surface area contributed by atoms with Crippen molar-refractivity contribution in [1.82, 2.24) is 10.3 Å². The molecule has 0 spiro atoms. The number of aromatic nitrogens is 1. The minimum absolute atomic E-state index is 0.394. The molecule has 0 bridgehead atoms. The zero-order valence-electron chi connectivity index (χ0n) is 10.4. The Labute approximate surface area is 106 Å². The van der Waals surface area contributed by atoms with Crippen LogP contribution in [0.15, 0.2) is 28.7 Å². The lowest BCUT2D eigenvalue weighted by Crippen LogP contribution is -2.28. The Morgan fingerprint density at radius 2 is 2.11 bits per heavy atom. The Bertz CT molecular complexity index is 470. The van der Waals surface area contributed by atoms with Gasteiger partial charge in [-0.1, -0.05) is 12.1 Å². The number of para-hydroxylation sites is 2. The van der Waals surface area contributed by atoms with E-state index in [2.05, 4.69) is 10.3 Å². The molecule has 0 aliphatic carbocycles. The van der Waals surface area contributed by atoms with Crippen molar-refractivity contribution in [1.29, 1.82) is 0 Å². The van der Waals surface area contributed by atoms with E-state index in [1.54, 1.807) is 0 Å². The third-order valence-corrected chi connectivity index (χ3v) is 3.48. The topological polar surface area (TPSA) is 47.3 Å². The van der Waals surface area contributed by atoms with Crippen LogP contribution in [0.3, 0.4) is 0 Å². The average molecular weight is 246 g/mol. The molecular weight excluding hydrogens is 228 g/mol. The molecule has 0 unspecified atom stereocenters. The molecular formula is C14H18N2O2. The van der Waals surface area contributed by atoms with Gasteiger partial charge in [-0.15, -0.1) is 0 Å². The van der Waals surface area contributed by atoms with E-state index in [0.717, 1.165) is 36.5 Å². The van der Waals surface area contributed by atoms with Gasteiger partial charge in [0, 0.05) is 0 Å². The molecule has 0 amide bonds. The van der Waals surface area contributed by atoms with Gasteiger partial charge in [0.05, 0.1) is 6.61 Å². The number of rotatable bonds is 4. The van der Waals surface area contributed by atoms with Gasteiger partial charge in [0.2, 0.25) is 0 Å². The average Bonchev–Trinajstić information content (AvgIpc) is 2.82. The molecule has 1 aromatic heterocycles. The maximum absolute atomic E-state index is 5.60. The van der Waals surface area contributed by atoms with E-state index < -0.39 is 0 Å². The summed E-state index contributed by atoms with van der Waals surface area (Å²) in [7, 11) is 0. The Morgan fingerprint density at radius 3 is 2.94 bits per heavy atom. The van der Waals surface area contributed by atoms with Crippen LogP contribution in [0.2, 0.25) is 0 Å². The number of hydrogen-bond donors (Lipinski definition) is 1. The lowest BCUT2D eigenvalue weighted by molar-refractivity contribution is 0.203. The van der Waals surface area contributed by atoms with Gasteiger partial charge in [0.1, 0.15) is 5.52 Å². The summed E-state index contributed by atoms with van der Waals surface area (Å²) in [4.78, 5) is 4.29. The summed E-state index contributed by atoms with van der Waals surface area (Å²) < 4.78 is 11.1. The highest BCUT2D eigenvalue weighted by atomic mass is 16.6. The largest absolute Gasteiger partial charge is 0.450 e. The second-order valence-electron chi connectivity index (χ2n) is 4.78. The molecule has 4 heteroatoms. The smallest absolute Gasteiger partial charge is 0.394 e. The predicted octanol–water partition coefficient (Wildman–Crippen LogP) is 2.60. The third-order valence-electron chi connectivity index (χ3n) is 3.48. The minimum atomic E-state index is 0.394. The van der Waals surface area contributed by atoms with Gasteiger partial charge in [-0.3, -0.25) is 0 Å². The molecule has 2 heterocycles. The highest BCUT2D eigenvalue weighted by Crippen LogP contribution is 2.21. The Morgan fingerprint density at radius 1 is 1.28 bits per heavy atom. The molecule has 0 radical (unpaired) electrons. The first kappa shape index (κ1) is 11.5. The quantitative estimate of drug-likeness (QED) is 0.900. The van der Waals surface area contributed by atoms with Crippen LogP contribution in [0.1, 0.15) is 19.3 Å². The van der Waals surface area contributed by atoms with Crippen molar-refractivity contribution in [2.24, 2.45) is 5.92 Å². The zero-order chi connectivity index (χ0) is 12.2. The van der Waals surface area contributed by atoms with Crippen molar-refractivity contribution in [3.63, 3.8) is 0 Å². The standard InChI is InChI=1S/C14H18N2O2/c1-2-4-13-12(3-1)16-14(18-13)17-10-7-11-5-8-15-9-6-11/h1-4,11,15H,5-10H2. The van der Waals surface area contributed by atoms with Crippen LogP contribution in [0, 0.1) is 5.92 Å². The van der Waals surface area contributed by atoms with Crippen molar-refractivity contribution < 1.29 is 9.15 Å². The summed E-state index contributed by atoms with van der Waals surface area (Å²) >= 11 is 0. The van der Waals surface area contributed by atoms with Crippen molar-refractivity contribution in [3.05, 3.63) is 24.3 Å². The van der Waals surface area contributed by atoms with Crippen molar-refractivity contribution in [3.8, 4) is 6.08 Å². The van der Waals surface area contributed by atoms with Crippen molar-refractivity contribution in [2.45, 2.75) is 19.3 Å². The lowest BCUT2D eigenvalue weighted by Gasteiger charge is -2.21. The van der Waals surface area contributed by atoms with Crippen LogP contribution >= 0.6 is 0 Å². The number of nitrogens with zero attached hydrogens (tertiary/aromatic N) is 1. The molecule has 1 aromatic carbocycles. The van der Waals surface area contributed by atoms with Crippen molar-refractivity contribution in [2.75, 3.05) is 19.7 Å². The number of ether oxygens (including phenoxy) is 1. The van der Waals surface area contributed by atoms with Gasteiger partial charge in [-0.05, 0) is 50.4 Å². The number of hydrogen-bond acceptors (Lipinski definition) is 4. The summed E-state index contributed by atoms with van der Waals surface area (Å²) in [5, 5.41) is 3.37. The summed E-state index contributed by atoms with van der Waals surface area (Å²) in [5.41, 5.74) is 1.64. The monoisotopic (exact) mass is 246 g/mol. The molecule has 1 aliphatic rings. The van der Waals surface area contributed by atoms with E-state index in [1.165, 1.54) is 12.8 Å². The van der Waals surface area contributed by atoms with Gasteiger partial charge in [0.15, 0.2) is 5.58 Å². The summed E-state index contributed by atoms with van der Waals surface area (Å²) in [5.74, 6) is 0.774. The van der Waals surface area contributed by atoms with Crippen LogP contribution in [-0.2, 0) is 0 Å². The van der Waals surface area contributed by atoms with E-state index in [1.807, 2.05) is 24.3 Å². The minimum Gasteiger partial charge on any atom is -0.450 e. The Hall–Kier alpha value is -1.55. The molecule has 3 rings (SSSR count). The molecule has 2 aromatic rings. The fourth-order valence-electron chi connectivity index (χ4n) is 2.40. The lowest BCUT2D eigenvalue weighted by atomic mass is 9.95. The SMILES string of the molecule is c1ccc2oc(OCCC3CCNCC3)nc2c1. The van der Waals surface area contributed by atoms with Crippen LogP contribution < -0.4 is 10.1 Å². The van der Waals surface area contributed by atoms with E-state index in [9.17, 15) is 0 Å². The Kier molecular flexibility index (Phi) is 3.46. The molecule has 4 nitrogen and oxygen atoms in total. The van der Waals surface area contributed by atoms with Gasteiger partial charge in [-0.2, -0.15) is 4.98 Å². The summed E-state index contributed by atoms with van der Waals surface area (Å²) in [6.07, 6.45) is 3.97. The van der Waals surface area contributed by atoms with Crippen LogP contribution in [0.5, 0.6) is 6.08 Å². The number of piperidine rings is 1. The van der Waals surface area contributed by atoms with Gasteiger partial charge >= 0.3 is 6.08 Å². The van der Waals surface area contributed by atoms with Gasteiger partial charge < -0.3 is 14.5 Å². The normalized spacial score (nSPS) is 17.1. The van der Waals surface area contributed by atoms with Crippen molar-refractivity contribution >= 4 is 11.1 Å². The number of oxazole rings is 1. The highest BCUT2D eigenvalue weighted by molar-refractivity contribution is 5.72. The van der Waals surface area contributed by atoms with Gasteiger partial charge in [0.25, 0.3) is 0 Å². The van der Waals surface area contributed by atoms with E-state index in [4.69, 9.17) is 9.15 Å². The van der Waals surface area contributed by atoms with Crippen LogP contribution in [0.4, 0.5) is 0 Å². The summed E-state index contributed by atoms with van der Waals surface area (Å²) in [6, 6.07) is 7.72. The molecule has 1 N–H and O–H groups in total. The third kappa shape index (κ3) is 2.64. The molecule has 1 aliphatic heterocycles. The second-order valence-corrected chi connectivity index (χ2v) is 4.78. The maximum Gasteiger partial charge on any atom is 0.394 e. The maximum atomic E-state index is 5.60. The van der Waals surface area contributed by atoms with E-state index in [0.29, 0.717) is 12.7 Å². The fourth-order valence-corrected chi connectivity index (χ4v) is 2.40. The Balaban J connectivity index is 1.53. The first-order chi connectivity index (χ1) is 8.92. The second kappa shape index (κ2) is 5.40. The number of nitrogens with one attached hydrogen (secondary N) is 1. The molecule has 1 fully saturated rings. The number of benzene rings is 1. The molecule has 0 saturated carbocycles. The van der Waals surface area contributed by atoms with Crippen LogP contribution in [0.25, 0.3) is 11.1 Å². The zero-order valence-corrected chi connectivity index (χ0v) is 10.4. The predicted molar refractivity (Wildman–Crippen MR) is 69.7 cm³/mol. The van der Waals surface area contributed by atoms with E-state index in [-0.39, 0.29) is 0 Å². The molecule has 1 saturated heterocycles.